The smallest absolute Gasteiger partial charge is 1.00 e. The SMILES string of the molecule is Clc1ccc2c3c1C([C-]=C3)c1ccc(cc1)P2c1ccccc1.Clc1cccc2c1C(c1ccccc1)[C-]=C2.[Cl-].[Cl-].[Zr+4]. The molecule has 0 nitrogen and oxygen atoms in total. The summed E-state index contributed by atoms with van der Waals surface area (Å²) in [6.45, 7) is 0. The molecule has 0 spiro atoms. The summed E-state index contributed by atoms with van der Waals surface area (Å²) in [5.74, 6) is 0.349. The summed E-state index contributed by atoms with van der Waals surface area (Å²) >= 11 is 12.8. The van der Waals surface area contributed by atoms with Crippen molar-refractivity contribution in [3.63, 3.8) is 0 Å². The van der Waals surface area contributed by atoms with Gasteiger partial charge in [-0.1, -0.05) is 149 Å². The molecular formula is C36H23Cl4PZr. The van der Waals surface area contributed by atoms with E-state index >= 15 is 0 Å². The second-order valence-electron chi connectivity index (χ2n) is 9.80. The van der Waals surface area contributed by atoms with Gasteiger partial charge in [0.2, 0.25) is 0 Å². The predicted octanol–water partition coefficient (Wildman–Crippen LogP) is 2.68. The van der Waals surface area contributed by atoms with Gasteiger partial charge in [0.1, 0.15) is 0 Å². The molecule has 9 rings (SSSR count). The van der Waals surface area contributed by atoms with E-state index in [0.717, 1.165) is 10.0 Å². The molecular weight excluding hydrogens is 696 g/mol. The number of halogens is 4. The summed E-state index contributed by atoms with van der Waals surface area (Å²) in [6.07, 6.45) is 11.1. The Hall–Kier alpha value is -1.95. The average molecular weight is 720 g/mol. The molecule has 0 fully saturated rings. The molecule has 6 heteroatoms. The third kappa shape index (κ3) is 6.03. The molecule has 6 bridgehead atoms. The first kappa shape index (κ1) is 33.0. The molecule has 0 radical (unpaired) electrons. The Morgan fingerprint density at radius 3 is 1.81 bits per heavy atom. The molecule has 0 amide bonds. The number of benzene rings is 5. The van der Waals surface area contributed by atoms with Crippen LogP contribution in [0.15, 0.2) is 115 Å². The molecule has 2 heterocycles. The summed E-state index contributed by atoms with van der Waals surface area (Å²) < 4.78 is 0. The van der Waals surface area contributed by atoms with Gasteiger partial charge in [-0.2, -0.15) is 11.1 Å². The van der Waals surface area contributed by atoms with Gasteiger partial charge in [0, 0.05) is 10.0 Å². The molecule has 5 aromatic rings. The fourth-order valence-electron chi connectivity index (χ4n) is 5.72. The van der Waals surface area contributed by atoms with E-state index in [1.54, 1.807) is 0 Å². The zero-order valence-corrected chi connectivity index (χ0v) is 28.6. The Bertz CT molecular complexity index is 1730. The molecule has 0 aromatic heterocycles. The maximum absolute atomic E-state index is 6.56. The van der Waals surface area contributed by atoms with Crippen LogP contribution < -0.4 is 40.7 Å². The maximum Gasteiger partial charge on any atom is 4.00 e. The van der Waals surface area contributed by atoms with Gasteiger partial charge in [-0.25, -0.2) is 12.2 Å². The Labute approximate surface area is 290 Å². The quantitative estimate of drug-likeness (QED) is 0.195. The minimum absolute atomic E-state index is 0. The van der Waals surface area contributed by atoms with Crippen molar-refractivity contribution in [2.75, 3.05) is 0 Å². The van der Waals surface area contributed by atoms with Gasteiger partial charge < -0.3 is 24.8 Å². The second-order valence-corrected chi connectivity index (χ2v) is 12.8. The second kappa shape index (κ2) is 14.2. The van der Waals surface area contributed by atoms with Gasteiger partial charge in [0.15, 0.2) is 0 Å². The summed E-state index contributed by atoms with van der Waals surface area (Å²) in [4.78, 5) is 0. The van der Waals surface area contributed by atoms with Crippen molar-refractivity contribution in [3.8, 4) is 0 Å². The molecule has 4 aliphatic rings. The molecule has 2 aliphatic heterocycles. The summed E-state index contributed by atoms with van der Waals surface area (Å²) in [6, 6.07) is 40.4. The topological polar surface area (TPSA) is 0 Å². The van der Waals surface area contributed by atoms with Crippen molar-refractivity contribution >= 4 is 59.2 Å². The van der Waals surface area contributed by atoms with Crippen molar-refractivity contribution in [2.24, 2.45) is 0 Å². The van der Waals surface area contributed by atoms with Gasteiger partial charge in [0.05, 0.1) is 0 Å². The average Bonchev–Trinajstić information content (AvgIpc) is 3.64. The van der Waals surface area contributed by atoms with Crippen LogP contribution in [0, 0.1) is 12.2 Å². The van der Waals surface area contributed by atoms with Crippen LogP contribution >= 0.6 is 31.1 Å². The van der Waals surface area contributed by atoms with Gasteiger partial charge in [-0.3, -0.25) is 12.2 Å². The zero-order valence-electron chi connectivity index (χ0n) is 22.2. The van der Waals surface area contributed by atoms with Gasteiger partial charge >= 0.3 is 26.2 Å². The Morgan fingerprint density at radius 1 is 0.524 bits per heavy atom. The first-order valence-corrected chi connectivity index (χ1v) is 15.1. The number of hydrogen-bond acceptors (Lipinski definition) is 0. The van der Waals surface area contributed by atoms with Crippen molar-refractivity contribution in [3.05, 3.63) is 171 Å². The minimum atomic E-state index is -0.571. The van der Waals surface area contributed by atoms with Crippen molar-refractivity contribution in [1.29, 1.82) is 0 Å². The summed E-state index contributed by atoms with van der Waals surface area (Å²) in [7, 11) is -0.571. The third-order valence-electron chi connectivity index (χ3n) is 7.55. The van der Waals surface area contributed by atoms with Crippen molar-refractivity contribution < 1.29 is 51.0 Å². The van der Waals surface area contributed by atoms with E-state index in [1.165, 1.54) is 49.3 Å². The monoisotopic (exact) mass is 716 g/mol. The van der Waals surface area contributed by atoms with Crippen molar-refractivity contribution in [2.45, 2.75) is 11.8 Å². The first-order valence-electron chi connectivity index (χ1n) is 13.0. The van der Waals surface area contributed by atoms with Crippen LogP contribution in [-0.2, 0) is 26.2 Å². The predicted molar refractivity (Wildman–Crippen MR) is 167 cm³/mol. The van der Waals surface area contributed by atoms with Gasteiger partial charge in [-0.05, 0) is 30.7 Å². The van der Waals surface area contributed by atoms with E-state index in [4.69, 9.17) is 23.2 Å². The molecule has 204 valence electrons. The van der Waals surface area contributed by atoms with Crippen LogP contribution in [0.2, 0.25) is 10.0 Å². The van der Waals surface area contributed by atoms with Crippen LogP contribution in [0.25, 0.3) is 12.2 Å². The molecule has 3 unspecified atom stereocenters. The number of allylic oxidation sites excluding steroid dienone is 2. The van der Waals surface area contributed by atoms with E-state index in [0.29, 0.717) is 0 Å². The Morgan fingerprint density at radius 2 is 1.10 bits per heavy atom. The van der Waals surface area contributed by atoms with Crippen LogP contribution in [0.4, 0.5) is 0 Å². The van der Waals surface area contributed by atoms with E-state index < -0.39 is 7.92 Å². The van der Waals surface area contributed by atoms with E-state index in [2.05, 4.69) is 103 Å². The van der Waals surface area contributed by atoms with E-state index in [1.807, 2.05) is 36.4 Å². The zero-order chi connectivity index (χ0) is 26.3. The summed E-state index contributed by atoms with van der Waals surface area (Å²) in [5, 5.41) is 5.82. The van der Waals surface area contributed by atoms with Gasteiger partial charge in [-0.15, -0.1) is 17.2 Å². The number of hydrogen-bond donors (Lipinski definition) is 0. The molecule has 42 heavy (non-hydrogen) atoms. The molecule has 3 atom stereocenters. The van der Waals surface area contributed by atoms with Crippen LogP contribution in [0.3, 0.4) is 0 Å². The first-order chi connectivity index (χ1) is 19.2. The molecule has 0 saturated heterocycles. The molecule has 5 aromatic carbocycles. The largest absolute Gasteiger partial charge is 4.00 e. The van der Waals surface area contributed by atoms with E-state index in [-0.39, 0.29) is 62.9 Å². The fraction of sp³-hybridized carbons (Fsp3) is 0.0556. The molecule has 0 N–H and O–H groups in total. The van der Waals surface area contributed by atoms with Gasteiger partial charge in [0.25, 0.3) is 0 Å². The van der Waals surface area contributed by atoms with Crippen molar-refractivity contribution in [1.82, 2.24) is 0 Å². The number of rotatable bonds is 2. The minimum Gasteiger partial charge on any atom is -1.00 e. The number of fused-ring (bicyclic) bond motifs is 3. The maximum atomic E-state index is 6.56. The normalized spacial score (nSPS) is 17.7. The van der Waals surface area contributed by atoms with Crippen LogP contribution in [0.5, 0.6) is 0 Å². The van der Waals surface area contributed by atoms with Crippen LogP contribution in [-0.4, -0.2) is 0 Å². The molecule has 2 aliphatic carbocycles. The third-order valence-corrected chi connectivity index (χ3v) is 10.7. The standard InChI is InChI=1S/C21H13ClP.C15H10Cl.2ClH.Zr/c22-19-12-13-20-18-11-10-17(21(18)19)14-6-8-16(9-7-14)23(20)15-4-2-1-3-5-15;16-14-8-4-7-12-9-10-13(15(12)14)11-5-2-1-3-6-11;;;/h1-9,11-13,17H;1-9,13H;2*1H;/q2*-1;;;+4/p-2. The van der Waals surface area contributed by atoms with E-state index in [9.17, 15) is 0 Å². The Kier molecular flexibility index (Phi) is 11.2. The van der Waals surface area contributed by atoms with Crippen LogP contribution in [0.1, 0.15) is 45.2 Å². The fourth-order valence-corrected chi connectivity index (χ4v) is 8.71. The summed E-state index contributed by atoms with van der Waals surface area (Å²) in [5.41, 5.74) is 7.37. The Balaban J connectivity index is 0.000000190. The molecule has 0 saturated carbocycles.